The molecule has 0 saturated heterocycles. The molecular weight excluding hydrogens is 222 g/mol. The fourth-order valence-corrected chi connectivity index (χ4v) is 2.83. The van der Waals surface area contributed by atoms with Crippen LogP contribution in [0.25, 0.3) is 0 Å². The second-order valence-corrected chi connectivity index (χ2v) is 5.42. The molecule has 2 heteroatoms. The number of nitrogens with one attached hydrogen (secondary N) is 1. The van der Waals surface area contributed by atoms with Crippen molar-refractivity contribution in [3.8, 4) is 5.75 Å². The molecule has 0 atom stereocenters. The molecule has 0 unspecified atom stereocenters. The van der Waals surface area contributed by atoms with Crippen LogP contribution in [0.2, 0.25) is 0 Å². The van der Waals surface area contributed by atoms with Gasteiger partial charge in [0.1, 0.15) is 5.75 Å². The first-order valence-electron chi connectivity index (χ1n) is 7.18. The molecule has 0 amide bonds. The fraction of sp³-hybridized carbons (Fsp3) is 0.625. The van der Waals surface area contributed by atoms with Gasteiger partial charge in [-0.2, -0.15) is 0 Å². The molecule has 18 heavy (non-hydrogen) atoms. The van der Waals surface area contributed by atoms with Gasteiger partial charge in [-0.3, -0.25) is 0 Å². The normalized spacial score (nSPS) is 16.6. The highest BCUT2D eigenvalue weighted by Gasteiger charge is 2.13. The van der Waals surface area contributed by atoms with Gasteiger partial charge in [-0.15, -0.1) is 0 Å². The van der Waals surface area contributed by atoms with E-state index in [9.17, 15) is 0 Å². The van der Waals surface area contributed by atoms with E-state index in [1.807, 2.05) is 0 Å². The van der Waals surface area contributed by atoms with Gasteiger partial charge in [-0.1, -0.05) is 38.2 Å². The molecule has 0 aliphatic heterocycles. The highest BCUT2D eigenvalue weighted by molar-refractivity contribution is 5.57. The van der Waals surface area contributed by atoms with Gasteiger partial charge >= 0.3 is 0 Å². The topological polar surface area (TPSA) is 21.3 Å². The Kier molecular flexibility index (Phi) is 4.91. The first-order chi connectivity index (χ1) is 8.79. The number of aryl methyl sites for hydroxylation is 1. The summed E-state index contributed by atoms with van der Waals surface area (Å²) in [6, 6.07) is 6.34. The summed E-state index contributed by atoms with van der Waals surface area (Å²) >= 11 is 0. The van der Waals surface area contributed by atoms with Crippen molar-refractivity contribution in [2.75, 3.05) is 19.0 Å². The molecule has 1 N–H and O–H groups in total. The third kappa shape index (κ3) is 3.66. The second-order valence-electron chi connectivity index (χ2n) is 5.42. The van der Waals surface area contributed by atoms with Crippen LogP contribution < -0.4 is 10.1 Å². The van der Waals surface area contributed by atoms with E-state index in [1.165, 1.54) is 44.1 Å². The molecule has 1 fully saturated rings. The van der Waals surface area contributed by atoms with Gasteiger partial charge in [0, 0.05) is 6.54 Å². The van der Waals surface area contributed by atoms with Crippen molar-refractivity contribution in [3.63, 3.8) is 0 Å². The first kappa shape index (κ1) is 13.3. The van der Waals surface area contributed by atoms with E-state index in [4.69, 9.17) is 4.74 Å². The van der Waals surface area contributed by atoms with Crippen LogP contribution in [0.4, 0.5) is 5.69 Å². The van der Waals surface area contributed by atoms with Crippen molar-refractivity contribution >= 4 is 5.69 Å². The molecule has 2 rings (SSSR count). The molecule has 0 spiro atoms. The smallest absolute Gasteiger partial charge is 0.142 e. The van der Waals surface area contributed by atoms with E-state index in [0.29, 0.717) is 0 Å². The molecule has 0 heterocycles. The van der Waals surface area contributed by atoms with E-state index in [0.717, 1.165) is 23.9 Å². The van der Waals surface area contributed by atoms with E-state index in [1.54, 1.807) is 7.11 Å². The minimum absolute atomic E-state index is 0.933. The molecule has 2 nitrogen and oxygen atoms in total. The minimum atomic E-state index is 0.933. The van der Waals surface area contributed by atoms with Crippen LogP contribution in [0.5, 0.6) is 5.75 Å². The number of hydrogen-bond donors (Lipinski definition) is 1. The van der Waals surface area contributed by atoms with Crippen LogP contribution in [-0.4, -0.2) is 13.7 Å². The standard InChI is InChI=1S/C16H25NO/c1-13-8-9-15(16(12-13)18-2)17-11-10-14-6-4-3-5-7-14/h8-9,12,14,17H,3-7,10-11H2,1-2H3. The largest absolute Gasteiger partial charge is 0.495 e. The zero-order valence-corrected chi connectivity index (χ0v) is 11.7. The molecule has 0 radical (unpaired) electrons. The lowest BCUT2D eigenvalue weighted by Gasteiger charge is -2.22. The predicted octanol–water partition coefficient (Wildman–Crippen LogP) is 4.39. The average Bonchev–Trinajstić information content (AvgIpc) is 2.41. The summed E-state index contributed by atoms with van der Waals surface area (Å²) < 4.78 is 5.41. The molecular formula is C16H25NO. The van der Waals surface area contributed by atoms with Crippen LogP contribution in [0.1, 0.15) is 44.1 Å². The van der Waals surface area contributed by atoms with Crippen molar-refractivity contribution in [2.45, 2.75) is 45.4 Å². The number of methoxy groups -OCH3 is 1. The Bertz CT molecular complexity index is 369. The zero-order valence-electron chi connectivity index (χ0n) is 11.7. The number of hydrogen-bond acceptors (Lipinski definition) is 2. The van der Waals surface area contributed by atoms with Crippen LogP contribution in [0, 0.1) is 12.8 Å². The molecule has 1 saturated carbocycles. The van der Waals surface area contributed by atoms with Crippen molar-refractivity contribution in [1.29, 1.82) is 0 Å². The van der Waals surface area contributed by atoms with Gasteiger partial charge < -0.3 is 10.1 Å². The Hall–Kier alpha value is -1.18. The second kappa shape index (κ2) is 6.67. The SMILES string of the molecule is COc1cc(C)ccc1NCCC1CCCCC1. The van der Waals surface area contributed by atoms with Crippen molar-refractivity contribution in [2.24, 2.45) is 5.92 Å². The average molecular weight is 247 g/mol. The predicted molar refractivity (Wildman–Crippen MR) is 77.4 cm³/mol. The summed E-state index contributed by atoms with van der Waals surface area (Å²) in [5.74, 6) is 1.89. The van der Waals surface area contributed by atoms with E-state index in [2.05, 4.69) is 30.4 Å². The van der Waals surface area contributed by atoms with E-state index >= 15 is 0 Å². The van der Waals surface area contributed by atoms with E-state index in [-0.39, 0.29) is 0 Å². The van der Waals surface area contributed by atoms with Crippen molar-refractivity contribution < 1.29 is 4.74 Å². The summed E-state index contributed by atoms with van der Waals surface area (Å²) in [5.41, 5.74) is 2.36. The van der Waals surface area contributed by atoms with Crippen LogP contribution in [0.3, 0.4) is 0 Å². The molecule has 1 aromatic rings. The van der Waals surface area contributed by atoms with Gasteiger partial charge in [0.05, 0.1) is 12.8 Å². The monoisotopic (exact) mass is 247 g/mol. The molecule has 1 aliphatic carbocycles. The maximum absolute atomic E-state index is 5.41. The van der Waals surface area contributed by atoms with Crippen molar-refractivity contribution in [3.05, 3.63) is 23.8 Å². The van der Waals surface area contributed by atoms with Crippen LogP contribution in [-0.2, 0) is 0 Å². The highest BCUT2D eigenvalue weighted by Crippen LogP contribution is 2.28. The number of anilines is 1. The van der Waals surface area contributed by atoms with Crippen molar-refractivity contribution in [1.82, 2.24) is 0 Å². The quantitative estimate of drug-likeness (QED) is 0.833. The Morgan fingerprint density at radius 1 is 1.22 bits per heavy atom. The summed E-state index contributed by atoms with van der Waals surface area (Å²) in [6.07, 6.45) is 8.43. The molecule has 0 bridgehead atoms. The lowest BCUT2D eigenvalue weighted by molar-refractivity contribution is 0.345. The zero-order chi connectivity index (χ0) is 12.8. The maximum Gasteiger partial charge on any atom is 0.142 e. The number of ether oxygens (including phenoxy) is 1. The van der Waals surface area contributed by atoms with Gasteiger partial charge in [0.25, 0.3) is 0 Å². The maximum atomic E-state index is 5.41. The summed E-state index contributed by atoms with van der Waals surface area (Å²) in [5, 5.41) is 3.51. The van der Waals surface area contributed by atoms with Crippen LogP contribution >= 0.6 is 0 Å². The van der Waals surface area contributed by atoms with Crippen LogP contribution in [0.15, 0.2) is 18.2 Å². The minimum Gasteiger partial charge on any atom is -0.495 e. The van der Waals surface area contributed by atoms with Gasteiger partial charge in [-0.05, 0) is 37.0 Å². The third-order valence-corrected chi connectivity index (χ3v) is 3.95. The Balaban J connectivity index is 1.82. The molecule has 0 aromatic heterocycles. The van der Waals surface area contributed by atoms with E-state index < -0.39 is 0 Å². The lowest BCUT2D eigenvalue weighted by Crippen LogP contribution is -2.12. The Morgan fingerprint density at radius 3 is 2.72 bits per heavy atom. The van der Waals surface area contributed by atoms with Gasteiger partial charge in [-0.25, -0.2) is 0 Å². The summed E-state index contributed by atoms with van der Waals surface area (Å²) in [7, 11) is 1.74. The molecule has 1 aromatic carbocycles. The molecule has 100 valence electrons. The third-order valence-electron chi connectivity index (χ3n) is 3.95. The first-order valence-corrected chi connectivity index (χ1v) is 7.18. The van der Waals surface area contributed by atoms with Gasteiger partial charge in [0.15, 0.2) is 0 Å². The number of benzene rings is 1. The number of rotatable bonds is 5. The Labute approximate surface area is 111 Å². The summed E-state index contributed by atoms with van der Waals surface area (Å²) in [6.45, 7) is 3.15. The highest BCUT2D eigenvalue weighted by atomic mass is 16.5. The Morgan fingerprint density at radius 2 is 2.00 bits per heavy atom. The summed E-state index contributed by atoms with van der Waals surface area (Å²) in [4.78, 5) is 0. The molecule has 1 aliphatic rings. The van der Waals surface area contributed by atoms with Gasteiger partial charge in [0.2, 0.25) is 0 Å². The fourth-order valence-electron chi connectivity index (χ4n) is 2.83. The lowest BCUT2D eigenvalue weighted by atomic mass is 9.87.